The second-order valence-electron chi connectivity index (χ2n) is 4.55. The molecule has 0 fully saturated rings. The van der Waals surface area contributed by atoms with Crippen molar-refractivity contribution in [1.82, 2.24) is 4.98 Å². The van der Waals surface area contributed by atoms with Gasteiger partial charge in [-0.15, -0.1) is 0 Å². The molecule has 0 saturated carbocycles. The summed E-state index contributed by atoms with van der Waals surface area (Å²) in [6, 6.07) is 3.57. The van der Waals surface area contributed by atoms with E-state index in [1.54, 1.807) is 0 Å². The largest absolute Gasteiger partial charge is 0.433 e. The van der Waals surface area contributed by atoms with E-state index in [9.17, 15) is 17.6 Å². The lowest BCUT2D eigenvalue weighted by Gasteiger charge is -2.17. The number of nitrogens with zero attached hydrogens (tertiary/aromatic N) is 1. The molecule has 2 rings (SSSR count). The van der Waals surface area contributed by atoms with E-state index < -0.39 is 17.7 Å². The van der Waals surface area contributed by atoms with Gasteiger partial charge in [0.25, 0.3) is 0 Å². The van der Waals surface area contributed by atoms with Gasteiger partial charge in [0.05, 0.1) is 5.52 Å². The van der Waals surface area contributed by atoms with E-state index in [-0.39, 0.29) is 11.1 Å². The molecule has 108 valence electrons. The van der Waals surface area contributed by atoms with Crippen molar-refractivity contribution in [3.8, 4) is 0 Å². The highest BCUT2D eigenvalue weighted by Gasteiger charge is 2.36. The van der Waals surface area contributed by atoms with Crippen LogP contribution < -0.4 is 5.32 Å². The SMILES string of the molecule is CCCNc1c(C)c(C(F)(F)F)nc2ccc(F)cc12. The first-order chi connectivity index (χ1) is 9.34. The molecule has 1 aromatic heterocycles. The summed E-state index contributed by atoms with van der Waals surface area (Å²) in [4.78, 5) is 3.62. The average molecular weight is 286 g/mol. The molecule has 0 unspecified atom stereocenters. The Morgan fingerprint density at radius 3 is 2.55 bits per heavy atom. The van der Waals surface area contributed by atoms with E-state index in [1.807, 2.05) is 6.92 Å². The summed E-state index contributed by atoms with van der Waals surface area (Å²) >= 11 is 0. The molecule has 20 heavy (non-hydrogen) atoms. The number of rotatable bonds is 3. The summed E-state index contributed by atoms with van der Waals surface area (Å²) in [5, 5.41) is 3.30. The van der Waals surface area contributed by atoms with Crippen molar-refractivity contribution in [2.24, 2.45) is 0 Å². The third-order valence-electron chi connectivity index (χ3n) is 3.01. The number of hydrogen-bond acceptors (Lipinski definition) is 2. The van der Waals surface area contributed by atoms with E-state index in [4.69, 9.17) is 0 Å². The van der Waals surface area contributed by atoms with Crippen LogP contribution in [0.4, 0.5) is 23.2 Å². The van der Waals surface area contributed by atoms with Crippen LogP contribution in [-0.4, -0.2) is 11.5 Å². The van der Waals surface area contributed by atoms with E-state index >= 15 is 0 Å². The first-order valence-corrected chi connectivity index (χ1v) is 6.25. The van der Waals surface area contributed by atoms with E-state index in [1.165, 1.54) is 19.1 Å². The predicted molar refractivity (Wildman–Crippen MR) is 70.2 cm³/mol. The van der Waals surface area contributed by atoms with Crippen LogP contribution in [-0.2, 0) is 6.18 Å². The Hall–Kier alpha value is -1.85. The standard InChI is InChI=1S/C14H14F4N2/c1-3-6-19-12-8(2)13(14(16,17)18)20-11-5-4-9(15)7-10(11)12/h4-5,7H,3,6H2,1-2H3,(H,19,20). The summed E-state index contributed by atoms with van der Waals surface area (Å²) in [5.74, 6) is -0.502. The fourth-order valence-electron chi connectivity index (χ4n) is 2.08. The lowest BCUT2D eigenvalue weighted by molar-refractivity contribution is -0.141. The summed E-state index contributed by atoms with van der Waals surface area (Å²) < 4.78 is 52.3. The molecule has 0 radical (unpaired) electrons. The number of benzene rings is 1. The molecule has 6 heteroatoms. The molecular formula is C14H14F4N2. The quantitative estimate of drug-likeness (QED) is 0.839. The molecule has 0 spiro atoms. The number of hydrogen-bond donors (Lipinski definition) is 1. The van der Waals surface area contributed by atoms with E-state index in [0.717, 1.165) is 12.5 Å². The van der Waals surface area contributed by atoms with E-state index in [2.05, 4.69) is 10.3 Å². The zero-order chi connectivity index (χ0) is 14.9. The summed E-state index contributed by atoms with van der Waals surface area (Å²) in [7, 11) is 0. The molecule has 0 aliphatic rings. The maximum Gasteiger partial charge on any atom is 0.433 e. The molecule has 2 nitrogen and oxygen atoms in total. The van der Waals surface area contributed by atoms with Crippen molar-refractivity contribution in [2.75, 3.05) is 11.9 Å². The van der Waals surface area contributed by atoms with Crippen LogP contribution in [0.25, 0.3) is 10.9 Å². The molecule has 0 amide bonds. The minimum atomic E-state index is -4.53. The number of aromatic nitrogens is 1. The lowest BCUT2D eigenvalue weighted by Crippen LogP contribution is -2.14. The molecular weight excluding hydrogens is 272 g/mol. The van der Waals surface area contributed by atoms with Crippen LogP contribution in [0.5, 0.6) is 0 Å². The van der Waals surface area contributed by atoms with E-state index in [0.29, 0.717) is 17.6 Å². The topological polar surface area (TPSA) is 24.9 Å². The highest BCUT2D eigenvalue weighted by atomic mass is 19.4. The van der Waals surface area contributed by atoms with Gasteiger partial charge in [0.15, 0.2) is 0 Å². The van der Waals surface area contributed by atoms with Gasteiger partial charge in [-0.05, 0) is 31.5 Å². The normalized spacial score (nSPS) is 11.9. The van der Waals surface area contributed by atoms with Crippen molar-refractivity contribution in [3.63, 3.8) is 0 Å². The number of alkyl halides is 3. The van der Waals surface area contributed by atoms with Crippen molar-refractivity contribution in [3.05, 3.63) is 35.3 Å². The minimum Gasteiger partial charge on any atom is -0.384 e. The van der Waals surface area contributed by atoms with Crippen LogP contribution in [0.1, 0.15) is 24.6 Å². The van der Waals surface area contributed by atoms with Gasteiger partial charge in [-0.25, -0.2) is 9.37 Å². The first-order valence-electron chi connectivity index (χ1n) is 6.25. The van der Waals surface area contributed by atoms with Crippen LogP contribution in [0.2, 0.25) is 0 Å². The second-order valence-corrected chi connectivity index (χ2v) is 4.55. The highest BCUT2D eigenvalue weighted by Crippen LogP contribution is 2.37. The summed E-state index contributed by atoms with van der Waals surface area (Å²) in [6.07, 6.45) is -3.78. The lowest BCUT2D eigenvalue weighted by atomic mass is 10.1. The summed E-state index contributed by atoms with van der Waals surface area (Å²) in [6.45, 7) is 3.75. The Morgan fingerprint density at radius 1 is 1.25 bits per heavy atom. The maximum absolute atomic E-state index is 13.3. The Bertz CT molecular complexity index is 635. The van der Waals surface area contributed by atoms with Gasteiger partial charge >= 0.3 is 6.18 Å². The average Bonchev–Trinajstić information content (AvgIpc) is 2.36. The van der Waals surface area contributed by atoms with Gasteiger partial charge in [0.1, 0.15) is 11.5 Å². The van der Waals surface area contributed by atoms with Gasteiger partial charge in [0, 0.05) is 23.2 Å². The van der Waals surface area contributed by atoms with Gasteiger partial charge in [-0.1, -0.05) is 6.92 Å². The Labute approximate surface area is 113 Å². The maximum atomic E-state index is 13.3. The molecule has 0 aliphatic carbocycles. The molecule has 0 saturated heterocycles. The smallest absolute Gasteiger partial charge is 0.384 e. The van der Waals surface area contributed by atoms with Crippen LogP contribution >= 0.6 is 0 Å². The molecule has 2 aromatic rings. The molecule has 0 atom stereocenters. The van der Waals surface area contributed by atoms with Crippen molar-refractivity contribution in [1.29, 1.82) is 0 Å². The van der Waals surface area contributed by atoms with Crippen LogP contribution in [0.15, 0.2) is 18.2 Å². The third-order valence-corrected chi connectivity index (χ3v) is 3.01. The Kier molecular flexibility index (Phi) is 3.83. The first kappa shape index (κ1) is 14.6. The minimum absolute atomic E-state index is 0.0101. The molecule has 0 aliphatic heterocycles. The second kappa shape index (κ2) is 5.26. The molecule has 1 N–H and O–H groups in total. The molecule has 1 heterocycles. The number of anilines is 1. The zero-order valence-corrected chi connectivity index (χ0v) is 11.1. The van der Waals surface area contributed by atoms with Gasteiger partial charge in [-0.2, -0.15) is 13.2 Å². The van der Waals surface area contributed by atoms with Crippen molar-refractivity contribution in [2.45, 2.75) is 26.4 Å². The third kappa shape index (κ3) is 2.69. The fraction of sp³-hybridized carbons (Fsp3) is 0.357. The van der Waals surface area contributed by atoms with Crippen LogP contribution in [0, 0.1) is 12.7 Å². The van der Waals surface area contributed by atoms with Gasteiger partial charge in [-0.3, -0.25) is 0 Å². The number of pyridine rings is 1. The van der Waals surface area contributed by atoms with Crippen LogP contribution in [0.3, 0.4) is 0 Å². The summed E-state index contributed by atoms with van der Waals surface area (Å²) in [5.41, 5.74) is -0.522. The number of halogens is 4. The number of nitrogens with one attached hydrogen (secondary N) is 1. The predicted octanol–water partition coefficient (Wildman–Crippen LogP) is 4.52. The molecule has 1 aromatic carbocycles. The molecule has 0 bridgehead atoms. The fourth-order valence-corrected chi connectivity index (χ4v) is 2.08. The zero-order valence-electron chi connectivity index (χ0n) is 11.1. The van der Waals surface area contributed by atoms with Crippen molar-refractivity contribution < 1.29 is 17.6 Å². The number of fused-ring (bicyclic) bond motifs is 1. The highest BCUT2D eigenvalue weighted by molar-refractivity contribution is 5.93. The van der Waals surface area contributed by atoms with Crippen molar-refractivity contribution >= 4 is 16.6 Å². The van der Waals surface area contributed by atoms with Gasteiger partial charge < -0.3 is 5.32 Å². The Balaban J connectivity index is 2.74. The Morgan fingerprint density at radius 2 is 1.95 bits per heavy atom. The van der Waals surface area contributed by atoms with Gasteiger partial charge in [0.2, 0.25) is 0 Å². The monoisotopic (exact) mass is 286 g/mol.